The van der Waals surface area contributed by atoms with E-state index in [4.69, 9.17) is 9.97 Å². The van der Waals surface area contributed by atoms with Crippen LogP contribution >= 0.6 is 0 Å². The molecule has 75 heavy (non-hydrogen) atoms. The van der Waals surface area contributed by atoms with Crippen LogP contribution < -0.4 is 0 Å². The SMILES string of the molecule is c1ccc(-c2cc(-c3ccc4cc5c(cc4c3)Cc3ccc(-n4c6ccc(-n7c8ccccc8c8ccccc87)cc6c6cc(-n7c8ccccc8c8ccccc87)ccc64)cc3C5)nc(-c3ccccc3)n2)cc1. The largest absolute Gasteiger partial charge is 0.309 e. The zero-order chi connectivity index (χ0) is 49.1. The summed E-state index contributed by atoms with van der Waals surface area (Å²) in [6.07, 6.45) is 1.75. The number of benzene rings is 11. The molecule has 0 spiro atoms. The number of nitrogens with zero attached hydrogens (tertiary/aromatic N) is 5. The van der Waals surface area contributed by atoms with Crippen LogP contribution in [0.5, 0.6) is 0 Å². The average Bonchev–Trinajstić information content (AvgIpc) is 4.18. The third-order valence-corrected chi connectivity index (χ3v) is 15.9. The van der Waals surface area contributed by atoms with Gasteiger partial charge in [0.05, 0.1) is 44.5 Å². The second kappa shape index (κ2) is 16.3. The molecule has 1 aliphatic rings. The van der Waals surface area contributed by atoms with Crippen LogP contribution in [0.15, 0.2) is 249 Å². The zero-order valence-corrected chi connectivity index (χ0v) is 40.8. The molecule has 11 aromatic carbocycles. The third kappa shape index (κ3) is 6.58. The quantitative estimate of drug-likeness (QED) is 0.167. The molecule has 350 valence electrons. The Kier molecular flexibility index (Phi) is 9.09. The Balaban J connectivity index is 0.817. The molecule has 0 amide bonds. The highest BCUT2D eigenvalue weighted by atomic mass is 15.0. The van der Waals surface area contributed by atoms with E-state index in [2.05, 4.69) is 238 Å². The van der Waals surface area contributed by atoms with Gasteiger partial charge in [-0.05, 0) is 131 Å². The van der Waals surface area contributed by atoms with E-state index in [1.165, 1.54) is 104 Å². The first-order chi connectivity index (χ1) is 37.1. The van der Waals surface area contributed by atoms with Crippen LogP contribution in [0.4, 0.5) is 0 Å². The average molecular weight is 956 g/mol. The van der Waals surface area contributed by atoms with Crippen molar-refractivity contribution in [3.05, 3.63) is 271 Å². The van der Waals surface area contributed by atoms with E-state index in [1.54, 1.807) is 0 Å². The van der Waals surface area contributed by atoms with Crippen LogP contribution in [0.2, 0.25) is 0 Å². The van der Waals surface area contributed by atoms with Gasteiger partial charge in [0.15, 0.2) is 5.82 Å². The normalized spacial score (nSPS) is 12.4. The van der Waals surface area contributed by atoms with E-state index >= 15 is 0 Å². The molecule has 0 unspecified atom stereocenters. The summed E-state index contributed by atoms with van der Waals surface area (Å²) >= 11 is 0. The Bertz CT molecular complexity index is 4490. The Labute approximate surface area is 432 Å². The summed E-state index contributed by atoms with van der Waals surface area (Å²) in [4.78, 5) is 10.2. The molecule has 4 heterocycles. The molecule has 15 aromatic rings. The highest BCUT2D eigenvalue weighted by Gasteiger charge is 2.22. The van der Waals surface area contributed by atoms with Gasteiger partial charge in [0.25, 0.3) is 0 Å². The van der Waals surface area contributed by atoms with Crippen molar-refractivity contribution in [2.45, 2.75) is 12.8 Å². The van der Waals surface area contributed by atoms with E-state index in [0.717, 1.165) is 58.1 Å². The smallest absolute Gasteiger partial charge is 0.160 e. The van der Waals surface area contributed by atoms with Crippen molar-refractivity contribution in [1.29, 1.82) is 0 Å². The molecule has 0 bridgehead atoms. The third-order valence-electron chi connectivity index (χ3n) is 15.9. The molecule has 0 N–H and O–H groups in total. The summed E-state index contributed by atoms with van der Waals surface area (Å²) in [7, 11) is 0. The molecule has 0 fully saturated rings. The molecule has 0 saturated carbocycles. The molecule has 5 nitrogen and oxygen atoms in total. The lowest BCUT2D eigenvalue weighted by Gasteiger charge is -2.22. The van der Waals surface area contributed by atoms with Gasteiger partial charge in [-0.2, -0.15) is 0 Å². The van der Waals surface area contributed by atoms with Gasteiger partial charge in [-0.15, -0.1) is 0 Å². The van der Waals surface area contributed by atoms with Gasteiger partial charge in [-0.1, -0.05) is 164 Å². The van der Waals surface area contributed by atoms with Gasteiger partial charge in [0.2, 0.25) is 0 Å². The summed E-state index contributed by atoms with van der Waals surface area (Å²) in [6.45, 7) is 0. The zero-order valence-electron chi connectivity index (χ0n) is 40.8. The highest BCUT2D eigenvalue weighted by molar-refractivity contribution is 6.14. The summed E-state index contributed by atoms with van der Waals surface area (Å²) in [5.41, 5.74) is 21.1. The first-order valence-electron chi connectivity index (χ1n) is 25.9. The summed E-state index contributed by atoms with van der Waals surface area (Å²) in [5, 5.41) is 9.93. The summed E-state index contributed by atoms with van der Waals surface area (Å²) in [6, 6.07) is 90.9. The molecule has 1 aliphatic carbocycles. The molecule has 0 radical (unpaired) electrons. The predicted molar refractivity (Wildman–Crippen MR) is 311 cm³/mol. The minimum Gasteiger partial charge on any atom is -0.309 e. The Morgan fingerprint density at radius 1 is 0.253 bits per heavy atom. The van der Waals surface area contributed by atoms with Gasteiger partial charge in [0, 0.05) is 66.1 Å². The van der Waals surface area contributed by atoms with Crippen molar-refractivity contribution in [3.63, 3.8) is 0 Å². The fraction of sp³-hybridized carbons (Fsp3) is 0.0286. The minimum atomic E-state index is 0.725. The second-order valence-corrected chi connectivity index (χ2v) is 20.2. The fourth-order valence-corrected chi connectivity index (χ4v) is 12.4. The van der Waals surface area contributed by atoms with Crippen LogP contribution in [-0.4, -0.2) is 23.7 Å². The van der Waals surface area contributed by atoms with Crippen molar-refractivity contribution in [2.75, 3.05) is 0 Å². The van der Waals surface area contributed by atoms with Crippen molar-refractivity contribution in [3.8, 4) is 51.0 Å². The molecule has 5 heteroatoms. The highest BCUT2D eigenvalue weighted by Crippen LogP contribution is 2.41. The maximum Gasteiger partial charge on any atom is 0.160 e. The number of hydrogen-bond donors (Lipinski definition) is 0. The number of rotatable bonds is 6. The molecule has 0 saturated heterocycles. The molecular weight excluding hydrogens is 911 g/mol. The standard InChI is InChI=1S/C70H45N5/c1-3-15-44(16-4-1)62-43-63(72-70(71-62)45-17-5-2-6-18-45)48-28-27-46-35-51-39-52-40-53(30-29-47(52)36-50(51)38-49(46)37-48)73-68-33-31-54(74-64-23-11-7-19-56(64)57-20-8-12-24-65(57)74)41-60(68)61-42-55(32-34-69(61)73)75-66-25-13-9-21-58(66)59-22-10-14-26-67(59)75/h1-35,37-38,40-43H,36,39H2. The Morgan fingerprint density at radius 2 is 0.667 bits per heavy atom. The topological polar surface area (TPSA) is 40.6 Å². The van der Waals surface area contributed by atoms with E-state index < -0.39 is 0 Å². The van der Waals surface area contributed by atoms with Crippen LogP contribution in [0.1, 0.15) is 22.3 Å². The summed E-state index contributed by atoms with van der Waals surface area (Å²) < 4.78 is 7.36. The monoisotopic (exact) mass is 955 g/mol. The maximum atomic E-state index is 5.15. The van der Waals surface area contributed by atoms with Gasteiger partial charge in [-0.25, -0.2) is 9.97 Å². The van der Waals surface area contributed by atoms with Gasteiger partial charge in [-0.3, -0.25) is 0 Å². The van der Waals surface area contributed by atoms with E-state index in [9.17, 15) is 0 Å². The first-order valence-corrected chi connectivity index (χ1v) is 25.9. The summed E-state index contributed by atoms with van der Waals surface area (Å²) in [5.74, 6) is 0.725. The van der Waals surface area contributed by atoms with Crippen molar-refractivity contribution in [2.24, 2.45) is 0 Å². The Hall–Kier alpha value is -9.84. The van der Waals surface area contributed by atoms with Gasteiger partial charge >= 0.3 is 0 Å². The van der Waals surface area contributed by atoms with E-state index in [-0.39, 0.29) is 0 Å². The lowest BCUT2D eigenvalue weighted by atomic mass is 9.84. The van der Waals surface area contributed by atoms with Crippen LogP contribution in [0.25, 0.3) is 127 Å². The first kappa shape index (κ1) is 41.7. The van der Waals surface area contributed by atoms with Gasteiger partial charge < -0.3 is 13.7 Å². The van der Waals surface area contributed by atoms with E-state index in [0.29, 0.717) is 0 Å². The molecule has 16 rings (SSSR count). The van der Waals surface area contributed by atoms with Gasteiger partial charge in [0.1, 0.15) is 0 Å². The maximum absolute atomic E-state index is 5.15. The number of fused-ring (bicyclic) bond motifs is 12. The number of hydrogen-bond acceptors (Lipinski definition) is 2. The minimum absolute atomic E-state index is 0.725. The van der Waals surface area contributed by atoms with Crippen molar-refractivity contribution < 1.29 is 0 Å². The van der Waals surface area contributed by atoms with Crippen LogP contribution in [0.3, 0.4) is 0 Å². The molecule has 0 aliphatic heterocycles. The molecule has 4 aromatic heterocycles. The number of para-hydroxylation sites is 4. The van der Waals surface area contributed by atoms with Crippen molar-refractivity contribution in [1.82, 2.24) is 23.7 Å². The molecule has 0 atom stereocenters. The lowest BCUT2D eigenvalue weighted by Crippen LogP contribution is -2.08. The van der Waals surface area contributed by atoms with Crippen LogP contribution in [0, 0.1) is 0 Å². The Morgan fingerprint density at radius 3 is 1.21 bits per heavy atom. The van der Waals surface area contributed by atoms with Crippen molar-refractivity contribution >= 4 is 76.2 Å². The number of aromatic nitrogens is 5. The second-order valence-electron chi connectivity index (χ2n) is 20.2. The van der Waals surface area contributed by atoms with Crippen LogP contribution in [-0.2, 0) is 12.8 Å². The molecular formula is C70H45N5. The lowest BCUT2D eigenvalue weighted by molar-refractivity contribution is 0.997. The van der Waals surface area contributed by atoms with E-state index in [1.807, 2.05) is 24.3 Å². The fourth-order valence-electron chi connectivity index (χ4n) is 12.4. The predicted octanol–water partition coefficient (Wildman–Crippen LogP) is 17.4.